The molecular weight excluding hydrogens is 342 g/mol. The second-order valence-electron chi connectivity index (χ2n) is 6.13. The third-order valence-corrected chi connectivity index (χ3v) is 4.47. The van der Waals surface area contributed by atoms with Crippen LogP contribution in [0.5, 0.6) is 0 Å². The number of H-pyrrole nitrogens is 1. The van der Waals surface area contributed by atoms with Crippen LogP contribution in [0.3, 0.4) is 0 Å². The summed E-state index contributed by atoms with van der Waals surface area (Å²) in [5.41, 5.74) is 2.17. The zero-order valence-electron chi connectivity index (χ0n) is 16.3. The number of nitrogens with one attached hydrogen (secondary N) is 3. The number of anilines is 1. The quantitative estimate of drug-likeness (QED) is 0.705. The van der Waals surface area contributed by atoms with E-state index < -0.39 is 0 Å². The number of nitrogens with zero attached hydrogens (tertiary/aromatic N) is 2. The summed E-state index contributed by atoms with van der Waals surface area (Å²) in [4.78, 5) is 33.0. The highest BCUT2D eigenvalue weighted by atomic mass is 16.2. The molecule has 3 heterocycles. The Morgan fingerprint density at radius 3 is 2.70 bits per heavy atom. The molecule has 2 aromatic rings. The van der Waals surface area contributed by atoms with Gasteiger partial charge in [0.2, 0.25) is 5.91 Å². The Kier molecular flexibility index (Phi) is 7.40. The molecule has 0 bridgehead atoms. The molecule has 2 aromatic heterocycles. The maximum Gasteiger partial charge on any atom is 0.253 e. The minimum Gasteiger partial charge on any atom is -0.381 e. The molecule has 1 saturated heterocycles. The summed E-state index contributed by atoms with van der Waals surface area (Å²) in [6.45, 7) is 11.4. The first-order valence-electron chi connectivity index (χ1n) is 9.55. The average molecular weight is 371 g/mol. The Morgan fingerprint density at radius 1 is 1.37 bits per heavy atom. The molecule has 0 unspecified atom stereocenters. The lowest BCUT2D eigenvalue weighted by atomic mass is 10.0. The number of aromatic nitrogens is 2. The molecule has 0 saturated carbocycles. The predicted molar refractivity (Wildman–Crippen MR) is 109 cm³/mol. The summed E-state index contributed by atoms with van der Waals surface area (Å²) in [6.07, 6.45) is 6.55. The van der Waals surface area contributed by atoms with E-state index in [1.54, 1.807) is 12.4 Å². The molecule has 0 aliphatic carbocycles. The molecule has 3 rings (SSSR count). The number of aromatic amines is 1. The van der Waals surface area contributed by atoms with E-state index in [1.807, 2.05) is 31.7 Å². The van der Waals surface area contributed by atoms with Crippen molar-refractivity contribution >= 4 is 28.5 Å². The zero-order chi connectivity index (χ0) is 19.8. The Hall–Kier alpha value is -2.83. The highest BCUT2D eigenvalue weighted by molar-refractivity contribution is 6.06. The largest absolute Gasteiger partial charge is 0.381 e. The molecule has 0 atom stereocenters. The van der Waals surface area contributed by atoms with Gasteiger partial charge in [-0.3, -0.25) is 9.59 Å². The normalized spacial score (nSPS) is 14.3. The van der Waals surface area contributed by atoms with E-state index in [2.05, 4.69) is 27.2 Å². The van der Waals surface area contributed by atoms with Gasteiger partial charge >= 0.3 is 0 Å². The predicted octanol–water partition coefficient (Wildman–Crippen LogP) is 2.93. The van der Waals surface area contributed by atoms with Crippen molar-refractivity contribution in [3.63, 3.8) is 0 Å². The Morgan fingerprint density at radius 2 is 2.07 bits per heavy atom. The topological polar surface area (TPSA) is 90.1 Å². The summed E-state index contributed by atoms with van der Waals surface area (Å²) in [7, 11) is 0. The van der Waals surface area contributed by atoms with E-state index in [0.717, 1.165) is 23.9 Å². The van der Waals surface area contributed by atoms with Gasteiger partial charge in [0, 0.05) is 37.3 Å². The van der Waals surface area contributed by atoms with Gasteiger partial charge in [0.15, 0.2) is 0 Å². The number of hydrogen-bond donors (Lipinski definition) is 3. The molecule has 146 valence electrons. The standard InChI is InChI=1S/C18H23N5O2.C2H6/c1-3-16(24)23-7-5-12(6-8-23)22-13-9-14-15(18(25)19-4-2)11-21-17(14)20-10-13;1-2/h3,9-12,22H,1,4-8H2,2H3,(H,19,25)(H,20,21);1-2H3. The highest BCUT2D eigenvalue weighted by Gasteiger charge is 2.21. The molecule has 0 radical (unpaired) electrons. The molecule has 0 aromatic carbocycles. The molecular formula is C20H29N5O2. The lowest BCUT2D eigenvalue weighted by Gasteiger charge is -2.32. The Balaban J connectivity index is 0.00000126. The van der Waals surface area contributed by atoms with Crippen LogP contribution in [-0.4, -0.2) is 52.4 Å². The number of hydrogen-bond acceptors (Lipinski definition) is 4. The van der Waals surface area contributed by atoms with Gasteiger partial charge < -0.3 is 20.5 Å². The van der Waals surface area contributed by atoms with Crippen LogP contribution in [0.1, 0.15) is 44.0 Å². The second kappa shape index (κ2) is 9.75. The number of rotatable bonds is 5. The minimum atomic E-state index is -0.107. The first-order valence-corrected chi connectivity index (χ1v) is 9.55. The van der Waals surface area contributed by atoms with Crippen molar-refractivity contribution in [1.29, 1.82) is 0 Å². The van der Waals surface area contributed by atoms with Crippen molar-refractivity contribution in [2.45, 2.75) is 39.7 Å². The molecule has 0 spiro atoms. The van der Waals surface area contributed by atoms with Crippen molar-refractivity contribution in [2.75, 3.05) is 25.0 Å². The molecule has 2 amide bonds. The minimum absolute atomic E-state index is 0.0135. The summed E-state index contributed by atoms with van der Waals surface area (Å²) >= 11 is 0. The number of likely N-dealkylation sites (tertiary alicyclic amines) is 1. The van der Waals surface area contributed by atoms with E-state index in [0.29, 0.717) is 30.8 Å². The van der Waals surface area contributed by atoms with E-state index in [9.17, 15) is 9.59 Å². The molecule has 1 fully saturated rings. The summed E-state index contributed by atoms with van der Waals surface area (Å²) < 4.78 is 0. The highest BCUT2D eigenvalue weighted by Crippen LogP contribution is 2.22. The van der Waals surface area contributed by atoms with Crippen molar-refractivity contribution in [3.05, 3.63) is 36.7 Å². The fourth-order valence-electron chi connectivity index (χ4n) is 3.13. The van der Waals surface area contributed by atoms with E-state index in [1.165, 1.54) is 6.08 Å². The maximum atomic E-state index is 12.1. The monoisotopic (exact) mass is 371 g/mol. The number of carbonyl (C=O) groups is 2. The number of carbonyl (C=O) groups excluding carboxylic acids is 2. The lowest BCUT2D eigenvalue weighted by molar-refractivity contribution is -0.126. The van der Waals surface area contributed by atoms with Crippen molar-refractivity contribution < 1.29 is 9.59 Å². The van der Waals surface area contributed by atoms with Crippen LogP contribution < -0.4 is 10.6 Å². The first-order chi connectivity index (χ1) is 13.1. The second-order valence-corrected chi connectivity index (χ2v) is 6.13. The van der Waals surface area contributed by atoms with Crippen LogP contribution in [-0.2, 0) is 4.79 Å². The smallest absolute Gasteiger partial charge is 0.253 e. The van der Waals surface area contributed by atoms with Crippen molar-refractivity contribution in [1.82, 2.24) is 20.2 Å². The van der Waals surface area contributed by atoms with Crippen LogP contribution in [0.2, 0.25) is 0 Å². The molecule has 3 N–H and O–H groups in total. The molecule has 1 aliphatic heterocycles. The zero-order valence-corrected chi connectivity index (χ0v) is 16.3. The Labute approximate surface area is 160 Å². The number of fused-ring (bicyclic) bond motifs is 1. The van der Waals surface area contributed by atoms with Crippen LogP contribution >= 0.6 is 0 Å². The van der Waals surface area contributed by atoms with Crippen molar-refractivity contribution in [3.8, 4) is 0 Å². The van der Waals surface area contributed by atoms with Gasteiger partial charge in [-0.25, -0.2) is 4.98 Å². The number of amides is 2. The molecule has 7 heteroatoms. The fourth-order valence-corrected chi connectivity index (χ4v) is 3.13. The van der Waals surface area contributed by atoms with Crippen LogP contribution in [0.4, 0.5) is 5.69 Å². The van der Waals surface area contributed by atoms with Gasteiger partial charge in [0.05, 0.1) is 17.4 Å². The SMILES string of the molecule is C=CC(=O)N1CCC(Nc2cnc3[nH]cc(C(=O)NCC)c3c2)CC1.CC. The van der Waals surface area contributed by atoms with Gasteiger partial charge in [-0.05, 0) is 31.9 Å². The van der Waals surface area contributed by atoms with Gasteiger partial charge in [0.1, 0.15) is 5.65 Å². The molecule has 7 nitrogen and oxygen atoms in total. The van der Waals surface area contributed by atoms with Crippen LogP contribution in [0, 0.1) is 0 Å². The lowest BCUT2D eigenvalue weighted by Crippen LogP contribution is -2.41. The summed E-state index contributed by atoms with van der Waals surface area (Å²) in [5.74, 6) is -0.121. The first kappa shape index (κ1) is 20.5. The third-order valence-electron chi connectivity index (χ3n) is 4.47. The maximum absolute atomic E-state index is 12.1. The summed E-state index contributed by atoms with van der Waals surface area (Å²) in [6, 6.07) is 2.23. The molecule has 27 heavy (non-hydrogen) atoms. The third kappa shape index (κ3) is 4.87. The number of pyridine rings is 1. The van der Waals surface area contributed by atoms with Gasteiger partial charge in [-0.15, -0.1) is 0 Å². The fraction of sp³-hybridized carbons (Fsp3) is 0.450. The summed E-state index contributed by atoms with van der Waals surface area (Å²) in [5, 5.41) is 7.08. The van der Waals surface area contributed by atoms with Crippen molar-refractivity contribution in [2.24, 2.45) is 0 Å². The van der Waals surface area contributed by atoms with Gasteiger partial charge in [-0.2, -0.15) is 0 Å². The average Bonchev–Trinajstić information content (AvgIpc) is 3.13. The van der Waals surface area contributed by atoms with Crippen LogP contribution in [0.15, 0.2) is 31.1 Å². The van der Waals surface area contributed by atoms with E-state index in [4.69, 9.17) is 0 Å². The van der Waals surface area contributed by atoms with Gasteiger partial charge in [-0.1, -0.05) is 20.4 Å². The molecule has 1 aliphatic rings. The van der Waals surface area contributed by atoms with E-state index in [-0.39, 0.29) is 17.9 Å². The number of piperidine rings is 1. The van der Waals surface area contributed by atoms with Gasteiger partial charge in [0.25, 0.3) is 5.91 Å². The van der Waals surface area contributed by atoms with Crippen LogP contribution in [0.25, 0.3) is 11.0 Å². The van der Waals surface area contributed by atoms with E-state index >= 15 is 0 Å². The Bertz CT molecular complexity index is 791.